The number of carbonyl (C=O) groups excluding carboxylic acids is 1. The van der Waals surface area contributed by atoms with Gasteiger partial charge >= 0.3 is 5.97 Å². The van der Waals surface area contributed by atoms with Gasteiger partial charge in [-0.3, -0.25) is 0 Å². The first-order chi connectivity index (χ1) is 9.20. The molecule has 96 valence electrons. The fourth-order valence-electron chi connectivity index (χ4n) is 2.03. The molecule has 0 unspecified atom stereocenters. The number of fused-ring (bicyclic) bond motifs is 1. The molecule has 3 aromatic rings. The Bertz CT molecular complexity index is 755. The van der Waals surface area contributed by atoms with Crippen LogP contribution in [0.2, 0.25) is 0 Å². The van der Waals surface area contributed by atoms with Gasteiger partial charge in [0.2, 0.25) is 0 Å². The molecule has 0 bridgehead atoms. The predicted octanol–water partition coefficient (Wildman–Crippen LogP) is 2.92. The molecule has 1 aromatic carbocycles. The molecule has 0 aliphatic heterocycles. The molecule has 0 radical (unpaired) electrons. The number of hydrogen-bond acceptors (Lipinski definition) is 4. The molecule has 0 aliphatic carbocycles. The van der Waals surface area contributed by atoms with E-state index in [1.54, 1.807) is 18.4 Å². The Labute approximate surface area is 109 Å². The van der Waals surface area contributed by atoms with Gasteiger partial charge in [-0.2, -0.15) is 0 Å². The quantitative estimate of drug-likeness (QED) is 0.716. The van der Waals surface area contributed by atoms with Gasteiger partial charge in [0.05, 0.1) is 24.5 Å². The second-order valence-corrected chi connectivity index (χ2v) is 4.21. The van der Waals surface area contributed by atoms with Crippen LogP contribution in [0.25, 0.3) is 22.6 Å². The second-order valence-electron chi connectivity index (χ2n) is 4.21. The maximum Gasteiger partial charge on any atom is 0.340 e. The monoisotopic (exact) mass is 256 g/mol. The third-order valence-electron chi connectivity index (χ3n) is 3.00. The largest absolute Gasteiger partial charge is 0.465 e. The van der Waals surface area contributed by atoms with Crippen LogP contribution < -0.4 is 0 Å². The summed E-state index contributed by atoms with van der Waals surface area (Å²) >= 11 is 0. The zero-order chi connectivity index (χ0) is 13.4. The van der Waals surface area contributed by atoms with Gasteiger partial charge in [-0.1, -0.05) is 6.07 Å². The van der Waals surface area contributed by atoms with Crippen molar-refractivity contribution in [3.05, 3.63) is 41.7 Å². The third kappa shape index (κ3) is 1.79. The lowest BCUT2D eigenvalue weighted by Gasteiger charge is -1.98. The van der Waals surface area contributed by atoms with E-state index in [1.165, 1.54) is 7.11 Å². The van der Waals surface area contributed by atoms with Crippen molar-refractivity contribution < 1.29 is 13.9 Å². The summed E-state index contributed by atoms with van der Waals surface area (Å²) in [6.45, 7) is 1.94. The molecule has 0 fully saturated rings. The fraction of sp³-hybridized carbons (Fsp3) is 0.143. The van der Waals surface area contributed by atoms with E-state index in [0.29, 0.717) is 22.7 Å². The zero-order valence-electron chi connectivity index (χ0n) is 10.6. The minimum absolute atomic E-state index is 0.403. The smallest absolute Gasteiger partial charge is 0.340 e. The van der Waals surface area contributed by atoms with Gasteiger partial charge in [-0.05, 0) is 30.7 Å². The number of benzene rings is 1. The summed E-state index contributed by atoms with van der Waals surface area (Å²) < 4.78 is 10.1. The van der Waals surface area contributed by atoms with Crippen LogP contribution in [0.3, 0.4) is 0 Å². The number of rotatable bonds is 2. The first-order valence-corrected chi connectivity index (χ1v) is 5.82. The minimum Gasteiger partial charge on any atom is -0.465 e. The van der Waals surface area contributed by atoms with Crippen molar-refractivity contribution in [3.8, 4) is 11.6 Å². The second kappa shape index (κ2) is 4.28. The maximum atomic E-state index is 11.7. The molecule has 0 saturated carbocycles. The summed E-state index contributed by atoms with van der Waals surface area (Å²) in [7, 11) is 1.35. The van der Waals surface area contributed by atoms with E-state index in [2.05, 4.69) is 9.97 Å². The highest BCUT2D eigenvalue weighted by Gasteiger charge is 2.16. The molecule has 0 saturated heterocycles. The summed E-state index contributed by atoms with van der Waals surface area (Å²) in [5, 5.41) is 0. The van der Waals surface area contributed by atoms with Crippen molar-refractivity contribution in [1.82, 2.24) is 9.97 Å². The summed E-state index contributed by atoms with van der Waals surface area (Å²) in [6, 6.07) is 7.19. The van der Waals surface area contributed by atoms with Crippen molar-refractivity contribution in [2.75, 3.05) is 7.11 Å². The zero-order valence-corrected chi connectivity index (χ0v) is 10.6. The molecule has 0 amide bonds. The van der Waals surface area contributed by atoms with Gasteiger partial charge in [0.15, 0.2) is 11.6 Å². The van der Waals surface area contributed by atoms with Crippen LogP contribution in [0.4, 0.5) is 0 Å². The van der Waals surface area contributed by atoms with Crippen molar-refractivity contribution >= 4 is 17.0 Å². The normalized spacial score (nSPS) is 10.8. The van der Waals surface area contributed by atoms with E-state index >= 15 is 0 Å². The number of para-hydroxylation sites is 1. The summed E-state index contributed by atoms with van der Waals surface area (Å²) in [5.41, 5.74) is 2.78. The number of esters is 1. The Morgan fingerprint density at radius 3 is 2.89 bits per heavy atom. The number of methoxy groups -OCH3 is 1. The highest BCUT2D eigenvalue weighted by atomic mass is 16.5. The average molecular weight is 256 g/mol. The number of aryl methyl sites for hydroxylation is 1. The van der Waals surface area contributed by atoms with E-state index in [0.717, 1.165) is 11.1 Å². The van der Waals surface area contributed by atoms with E-state index < -0.39 is 5.97 Å². The lowest BCUT2D eigenvalue weighted by atomic mass is 10.2. The molecule has 5 nitrogen and oxygen atoms in total. The summed E-state index contributed by atoms with van der Waals surface area (Å²) in [4.78, 5) is 19.3. The number of H-pyrrole nitrogens is 1. The third-order valence-corrected chi connectivity index (χ3v) is 3.00. The van der Waals surface area contributed by atoms with E-state index in [1.807, 2.05) is 19.1 Å². The van der Waals surface area contributed by atoms with Crippen molar-refractivity contribution in [3.63, 3.8) is 0 Å². The fourth-order valence-corrected chi connectivity index (χ4v) is 2.03. The van der Waals surface area contributed by atoms with Gasteiger partial charge in [0.25, 0.3) is 0 Å². The van der Waals surface area contributed by atoms with Gasteiger partial charge in [-0.15, -0.1) is 0 Å². The predicted molar refractivity (Wildman–Crippen MR) is 69.9 cm³/mol. The van der Waals surface area contributed by atoms with Gasteiger partial charge < -0.3 is 14.1 Å². The highest BCUT2D eigenvalue weighted by molar-refractivity contribution is 6.02. The average Bonchev–Trinajstić information content (AvgIpc) is 3.02. The number of carbonyl (C=O) groups is 1. The maximum absolute atomic E-state index is 11.7. The Hall–Kier alpha value is -2.56. The van der Waals surface area contributed by atoms with Gasteiger partial charge in [0.1, 0.15) is 5.52 Å². The van der Waals surface area contributed by atoms with Crippen LogP contribution in [0.15, 0.2) is 34.9 Å². The van der Waals surface area contributed by atoms with Crippen molar-refractivity contribution in [1.29, 1.82) is 0 Å². The molecule has 5 heteroatoms. The number of nitrogens with zero attached hydrogens (tertiary/aromatic N) is 1. The van der Waals surface area contributed by atoms with Crippen LogP contribution in [0.5, 0.6) is 0 Å². The molecule has 1 N–H and O–H groups in total. The number of furan rings is 1. The molecular formula is C14H12N2O3. The summed E-state index contributed by atoms with van der Waals surface area (Å²) in [5.74, 6) is 0.876. The minimum atomic E-state index is -0.403. The van der Waals surface area contributed by atoms with Gasteiger partial charge in [0, 0.05) is 0 Å². The molecule has 0 spiro atoms. The molecule has 19 heavy (non-hydrogen) atoms. The topological polar surface area (TPSA) is 68.1 Å². The van der Waals surface area contributed by atoms with Crippen LogP contribution >= 0.6 is 0 Å². The molecule has 0 atom stereocenters. The number of ether oxygens (including phenoxy) is 1. The number of nitrogens with one attached hydrogen (secondary N) is 1. The van der Waals surface area contributed by atoms with Crippen LogP contribution in [-0.2, 0) is 4.74 Å². The van der Waals surface area contributed by atoms with E-state index in [4.69, 9.17) is 9.15 Å². The Morgan fingerprint density at radius 1 is 1.37 bits per heavy atom. The Morgan fingerprint density at radius 2 is 2.21 bits per heavy atom. The molecule has 2 aromatic heterocycles. The highest BCUT2D eigenvalue weighted by Crippen LogP contribution is 2.26. The van der Waals surface area contributed by atoms with Gasteiger partial charge in [-0.25, -0.2) is 9.78 Å². The summed E-state index contributed by atoms with van der Waals surface area (Å²) in [6.07, 6.45) is 1.61. The van der Waals surface area contributed by atoms with E-state index in [-0.39, 0.29) is 0 Å². The van der Waals surface area contributed by atoms with Crippen LogP contribution in [0.1, 0.15) is 15.9 Å². The number of aromatic amines is 1. The lowest BCUT2D eigenvalue weighted by Crippen LogP contribution is -2.01. The van der Waals surface area contributed by atoms with Crippen LogP contribution in [-0.4, -0.2) is 23.0 Å². The Balaban J connectivity index is 2.21. The number of aromatic nitrogens is 2. The number of hydrogen-bond donors (Lipinski definition) is 1. The molecule has 2 heterocycles. The molecular weight excluding hydrogens is 244 g/mol. The Kier molecular flexibility index (Phi) is 2.59. The molecule has 3 rings (SSSR count). The standard InChI is InChI=1S/C14H12N2O3/c1-8-6-7-19-12(8)13-15-10-5-3-4-9(11(10)16-13)14(17)18-2/h3-7H,1-2H3,(H,15,16). The first-order valence-electron chi connectivity index (χ1n) is 5.82. The van der Waals surface area contributed by atoms with E-state index in [9.17, 15) is 4.79 Å². The molecule has 0 aliphatic rings. The van der Waals surface area contributed by atoms with Crippen molar-refractivity contribution in [2.24, 2.45) is 0 Å². The first kappa shape index (κ1) is 11.5. The SMILES string of the molecule is COC(=O)c1cccc2[nH]c(-c3occc3C)nc12. The number of imidazole rings is 1. The lowest BCUT2D eigenvalue weighted by molar-refractivity contribution is 0.0603. The van der Waals surface area contributed by atoms with Crippen LogP contribution in [0, 0.1) is 6.92 Å². The van der Waals surface area contributed by atoms with Crippen molar-refractivity contribution in [2.45, 2.75) is 6.92 Å².